The summed E-state index contributed by atoms with van der Waals surface area (Å²) in [6.07, 6.45) is 0. The van der Waals surface area contributed by atoms with E-state index < -0.39 is 20.9 Å². The van der Waals surface area contributed by atoms with E-state index in [0.29, 0.717) is 10.6 Å². The summed E-state index contributed by atoms with van der Waals surface area (Å²) in [4.78, 5) is 12.3. The van der Waals surface area contributed by atoms with Crippen molar-refractivity contribution in [3.8, 4) is 0 Å². The molecule has 2 rings (SSSR count). The van der Waals surface area contributed by atoms with Gasteiger partial charge in [-0.15, -0.1) is 0 Å². The SMILES string of the molecule is CC(C(=O)c1ccc(Cl)cc1)S(=O)(=O)c1ccccc1Cl. The van der Waals surface area contributed by atoms with E-state index in [1.807, 2.05) is 0 Å². The third-order valence-corrected chi connectivity index (χ3v) is 5.91. The summed E-state index contributed by atoms with van der Waals surface area (Å²) in [5.41, 5.74) is 0.294. The van der Waals surface area contributed by atoms with Crippen LogP contribution in [0.15, 0.2) is 53.4 Å². The second kappa shape index (κ2) is 6.18. The Balaban J connectivity index is 2.39. The standard InChI is InChI=1S/C15H12Cl2O3S/c1-10(15(18)11-6-8-12(16)9-7-11)21(19,20)14-5-3-2-4-13(14)17/h2-10H,1H3. The summed E-state index contributed by atoms with van der Waals surface area (Å²) in [5, 5.41) is -0.639. The van der Waals surface area contributed by atoms with Crippen LogP contribution in [0.4, 0.5) is 0 Å². The molecule has 0 saturated carbocycles. The zero-order chi connectivity index (χ0) is 15.6. The first kappa shape index (κ1) is 16.0. The average Bonchev–Trinajstić information content (AvgIpc) is 2.46. The van der Waals surface area contributed by atoms with Crippen LogP contribution in [0.1, 0.15) is 17.3 Å². The molecule has 0 aliphatic rings. The topological polar surface area (TPSA) is 51.2 Å². The van der Waals surface area contributed by atoms with Gasteiger partial charge in [0.25, 0.3) is 0 Å². The number of hydrogen-bond donors (Lipinski definition) is 0. The highest BCUT2D eigenvalue weighted by Crippen LogP contribution is 2.26. The third-order valence-electron chi connectivity index (χ3n) is 3.11. The van der Waals surface area contributed by atoms with Crippen LogP contribution in [0.25, 0.3) is 0 Å². The maximum atomic E-state index is 12.5. The fraction of sp³-hybridized carbons (Fsp3) is 0.133. The maximum absolute atomic E-state index is 12.5. The van der Waals surface area contributed by atoms with E-state index in [-0.39, 0.29) is 9.92 Å². The summed E-state index contributed by atoms with van der Waals surface area (Å²) in [5.74, 6) is -0.494. The smallest absolute Gasteiger partial charge is 0.189 e. The molecule has 0 aliphatic heterocycles. The Morgan fingerprint density at radius 3 is 2.14 bits per heavy atom. The molecule has 0 amide bonds. The number of ketones is 1. The van der Waals surface area contributed by atoms with E-state index in [2.05, 4.69) is 0 Å². The van der Waals surface area contributed by atoms with Gasteiger partial charge in [-0.2, -0.15) is 0 Å². The predicted octanol–water partition coefficient (Wildman–Crippen LogP) is 4.04. The Kier molecular flexibility index (Phi) is 4.71. The first-order chi connectivity index (χ1) is 9.84. The Hall–Kier alpha value is -1.36. The molecule has 0 radical (unpaired) electrons. The van der Waals surface area contributed by atoms with Gasteiger partial charge in [0.05, 0.1) is 9.92 Å². The third kappa shape index (κ3) is 3.28. The minimum absolute atomic E-state index is 0.0403. The molecule has 0 bridgehead atoms. The van der Waals surface area contributed by atoms with Gasteiger partial charge in [-0.25, -0.2) is 8.42 Å². The molecule has 0 aliphatic carbocycles. The molecule has 1 atom stereocenters. The average molecular weight is 343 g/mol. The molecule has 0 N–H and O–H groups in total. The largest absolute Gasteiger partial charge is 0.293 e. The summed E-state index contributed by atoms with van der Waals surface area (Å²) >= 11 is 11.7. The van der Waals surface area contributed by atoms with Gasteiger partial charge < -0.3 is 0 Å². The number of carbonyl (C=O) groups excluding carboxylic acids is 1. The van der Waals surface area contributed by atoms with Crippen LogP contribution >= 0.6 is 23.2 Å². The summed E-state index contributed by atoms with van der Waals surface area (Å²) in [7, 11) is -3.84. The molecular weight excluding hydrogens is 331 g/mol. The first-order valence-corrected chi connectivity index (χ1v) is 8.42. The van der Waals surface area contributed by atoms with Gasteiger partial charge in [0.1, 0.15) is 5.25 Å². The number of sulfone groups is 1. The lowest BCUT2D eigenvalue weighted by Gasteiger charge is -2.13. The van der Waals surface area contributed by atoms with Gasteiger partial charge in [-0.3, -0.25) is 4.79 Å². The number of halogens is 2. The zero-order valence-electron chi connectivity index (χ0n) is 11.1. The predicted molar refractivity (Wildman–Crippen MR) is 83.9 cm³/mol. The van der Waals surface area contributed by atoms with Gasteiger partial charge in [-0.05, 0) is 43.3 Å². The molecule has 0 aromatic heterocycles. The van der Waals surface area contributed by atoms with Gasteiger partial charge in [0, 0.05) is 10.6 Å². The molecule has 3 nitrogen and oxygen atoms in total. The van der Waals surface area contributed by atoms with Crippen molar-refractivity contribution in [2.75, 3.05) is 0 Å². The number of benzene rings is 2. The van der Waals surface area contributed by atoms with E-state index in [0.717, 1.165) is 0 Å². The number of hydrogen-bond acceptors (Lipinski definition) is 3. The lowest BCUT2D eigenvalue weighted by molar-refractivity contribution is 0.0991. The molecular formula is C15H12Cl2O3S. The number of Topliss-reactive ketones (excluding diaryl/α,β-unsaturated/α-hetero) is 1. The monoisotopic (exact) mass is 342 g/mol. The van der Waals surface area contributed by atoms with Crippen molar-refractivity contribution in [2.45, 2.75) is 17.1 Å². The normalized spacial score (nSPS) is 12.9. The van der Waals surface area contributed by atoms with Crippen LogP contribution in [0, 0.1) is 0 Å². The van der Waals surface area contributed by atoms with Crippen molar-refractivity contribution in [2.24, 2.45) is 0 Å². The van der Waals surface area contributed by atoms with Crippen molar-refractivity contribution in [3.05, 3.63) is 64.1 Å². The van der Waals surface area contributed by atoms with Crippen molar-refractivity contribution in [3.63, 3.8) is 0 Å². The van der Waals surface area contributed by atoms with Gasteiger partial charge in [0.15, 0.2) is 15.6 Å². The van der Waals surface area contributed by atoms with Crippen LogP contribution in [0.5, 0.6) is 0 Å². The second-order valence-corrected chi connectivity index (χ2v) is 7.57. The molecule has 6 heteroatoms. The lowest BCUT2D eigenvalue weighted by atomic mass is 10.1. The molecule has 2 aromatic rings. The lowest BCUT2D eigenvalue weighted by Crippen LogP contribution is -2.27. The van der Waals surface area contributed by atoms with E-state index in [1.165, 1.54) is 31.2 Å². The summed E-state index contributed by atoms with van der Waals surface area (Å²) in [6, 6.07) is 12.2. The molecule has 1 unspecified atom stereocenters. The Morgan fingerprint density at radius 2 is 1.57 bits per heavy atom. The molecule has 0 spiro atoms. The minimum atomic E-state index is -3.84. The van der Waals surface area contributed by atoms with Gasteiger partial charge in [0.2, 0.25) is 0 Å². The van der Waals surface area contributed by atoms with Gasteiger partial charge >= 0.3 is 0 Å². The molecule has 0 saturated heterocycles. The number of rotatable bonds is 4. The maximum Gasteiger partial charge on any atom is 0.189 e. The molecule has 110 valence electrons. The second-order valence-electron chi connectivity index (χ2n) is 4.49. The van der Waals surface area contributed by atoms with E-state index in [9.17, 15) is 13.2 Å². The molecule has 0 heterocycles. The van der Waals surface area contributed by atoms with Crippen LogP contribution in [-0.2, 0) is 9.84 Å². The highest BCUT2D eigenvalue weighted by molar-refractivity contribution is 7.93. The van der Waals surface area contributed by atoms with Crippen molar-refractivity contribution >= 4 is 38.8 Å². The molecule has 2 aromatic carbocycles. The Labute approximate surface area is 133 Å². The quantitative estimate of drug-likeness (QED) is 0.788. The van der Waals surface area contributed by atoms with Crippen LogP contribution in [0.3, 0.4) is 0 Å². The summed E-state index contributed by atoms with van der Waals surface area (Å²) in [6.45, 7) is 1.36. The van der Waals surface area contributed by atoms with E-state index in [4.69, 9.17) is 23.2 Å². The Morgan fingerprint density at radius 1 is 1.00 bits per heavy atom. The highest BCUT2D eigenvalue weighted by Gasteiger charge is 2.31. The van der Waals surface area contributed by atoms with Crippen molar-refractivity contribution < 1.29 is 13.2 Å². The molecule has 0 fully saturated rings. The fourth-order valence-electron chi connectivity index (χ4n) is 1.86. The Bertz CT molecular complexity index is 768. The van der Waals surface area contributed by atoms with Crippen LogP contribution in [-0.4, -0.2) is 19.5 Å². The van der Waals surface area contributed by atoms with E-state index >= 15 is 0 Å². The van der Waals surface area contributed by atoms with Crippen LogP contribution < -0.4 is 0 Å². The summed E-state index contributed by atoms with van der Waals surface area (Å²) < 4.78 is 25.0. The van der Waals surface area contributed by atoms with Gasteiger partial charge in [-0.1, -0.05) is 35.3 Å². The highest BCUT2D eigenvalue weighted by atomic mass is 35.5. The van der Waals surface area contributed by atoms with Crippen molar-refractivity contribution in [1.29, 1.82) is 0 Å². The van der Waals surface area contributed by atoms with E-state index in [1.54, 1.807) is 24.3 Å². The zero-order valence-corrected chi connectivity index (χ0v) is 13.4. The van der Waals surface area contributed by atoms with Crippen molar-refractivity contribution in [1.82, 2.24) is 0 Å². The fourth-order valence-corrected chi connectivity index (χ4v) is 3.85. The minimum Gasteiger partial charge on any atom is -0.293 e. The molecule has 21 heavy (non-hydrogen) atoms. The van der Waals surface area contributed by atoms with Crippen LogP contribution in [0.2, 0.25) is 10.0 Å². The number of carbonyl (C=O) groups is 1. The first-order valence-electron chi connectivity index (χ1n) is 6.12.